The van der Waals surface area contributed by atoms with E-state index in [0.717, 1.165) is 6.54 Å². The van der Waals surface area contributed by atoms with Crippen LogP contribution in [-0.2, 0) is 6.54 Å². The standard InChI is InChI=1S/C17H27BrN2/c1-13-5-6-14(16(18)11-13)12-19-15-7-9-20(10-8-15)17(2,3)4/h5-6,11,15,19H,7-10,12H2,1-4H3. The van der Waals surface area contributed by atoms with Crippen molar-refractivity contribution in [3.63, 3.8) is 0 Å². The molecule has 1 fully saturated rings. The van der Waals surface area contributed by atoms with Crippen molar-refractivity contribution < 1.29 is 0 Å². The molecule has 0 unspecified atom stereocenters. The third-order valence-electron chi connectivity index (χ3n) is 4.23. The summed E-state index contributed by atoms with van der Waals surface area (Å²) in [6.45, 7) is 12.4. The van der Waals surface area contributed by atoms with Gasteiger partial charge in [-0.2, -0.15) is 0 Å². The van der Waals surface area contributed by atoms with Gasteiger partial charge in [0.25, 0.3) is 0 Å². The Labute approximate surface area is 132 Å². The highest BCUT2D eigenvalue weighted by Gasteiger charge is 2.26. The van der Waals surface area contributed by atoms with Crippen LogP contribution in [0, 0.1) is 6.92 Å². The average Bonchev–Trinajstić information content (AvgIpc) is 2.37. The van der Waals surface area contributed by atoms with Crippen LogP contribution in [0.4, 0.5) is 0 Å². The van der Waals surface area contributed by atoms with Gasteiger partial charge in [0.15, 0.2) is 0 Å². The van der Waals surface area contributed by atoms with E-state index in [1.165, 1.54) is 41.5 Å². The molecule has 2 rings (SSSR count). The van der Waals surface area contributed by atoms with Crippen molar-refractivity contribution in [3.8, 4) is 0 Å². The molecule has 1 aliphatic rings. The second-order valence-electron chi connectivity index (χ2n) is 6.91. The molecular formula is C17H27BrN2. The highest BCUT2D eigenvalue weighted by atomic mass is 79.9. The molecule has 112 valence electrons. The second kappa shape index (κ2) is 6.59. The lowest BCUT2D eigenvalue weighted by atomic mass is 9.98. The van der Waals surface area contributed by atoms with Crippen molar-refractivity contribution in [1.29, 1.82) is 0 Å². The van der Waals surface area contributed by atoms with Gasteiger partial charge in [-0.1, -0.05) is 28.1 Å². The van der Waals surface area contributed by atoms with E-state index >= 15 is 0 Å². The minimum absolute atomic E-state index is 0.310. The number of hydrogen-bond donors (Lipinski definition) is 1. The molecule has 2 nitrogen and oxygen atoms in total. The molecule has 1 saturated heterocycles. The van der Waals surface area contributed by atoms with Crippen molar-refractivity contribution in [2.45, 2.75) is 58.7 Å². The number of halogens is 1. The maximum atomic E-state index is 3.71. The van der Waals surface area contributed by atoms with Crippen LogP contribution < -0.4 is 5.32 Å². The fourth-order valence-corrected chi connectivity index (χ4v) is 3.44. The van der Waals surface area contributed by atoms with Crippen LogP contribution in [-0.4, -0.2) is 29.6 Å². The summed E-state index contributed by atoms with van der Waals surface area (Å²) in [5.74, 6) is 0. The Bertz CT molecular complexity index is 443. The maximum absolute atomic E-state index is 3.71. The second-order valence-corrected chi connectivity index (χ2v) is 7.76. The van der Waals surface area contributed by atoms with Crippen LogP contribution in [0.2, 0.25) is 0 Å². The molecule has 1 aromatic rings. The fourth-order valence-electron chi connectivity index (χ4n) is 2.80. The van der Waals surface area contributed by atoms with Gasteiger partial charge in [-0.3, -0.25) is 4.90 Å². The molecular weight excluding hydrogens is 312 g/mol. The number of nitrogens with one attached hydrogen (secondary N) is 1. The predicted octanol–water partition coefficient (Wildman–Crippen LogP) is 4.11. The van der Waals surface area contributed by atoms with Crippen molar-refractivity contribution in [2.24, 2.45) is 0 Å². The molecule has 0 spiro atoms. The topological polar surface area (TPSA) is 15.3 Å². The Balaban J connectivity index is 1.82. The van der Waals surface area contributed by atoms with E-state index in [-0.39, 0.29) is 0 Å². The molecule has 0 radical (unpaired) electrons. The zero-order valence-electron chi connectivity index (χ0n) is 13.2. The molecule has 1 N–H and O–H groups in total. The molecule has 0 aromatic heterocycles. The first-order valence-electron chi connectivity index (χ1n) is 7.60. The zero-order chi connectivity index (χ0) is 14.8. The number of nitrogens with zero attached hydrogens (tertiary/aromatic N) is 1. The molecule has 1 heterocycles. The van der Waals surface area contributed by atoms with Crippen molar-refractivity contribution in [3.05, 3.63) is 33.8 Å². The van der Waals surface area contributed by atoms with Gasteiger partial charge in [-0.05, 0) is 57.7 Å². The molecule has 3 heteroatoms. The Hall–Kier alpha value is -0.380. The fraction of sp³-hybridized carbons (Fsp3) is 0.647. The predicted molar refractivity (Wildman–Crippen MR) is 90.1 cm³/mol. The molecule has 0 amide bonds. The monoisotopic (exact) mass is 338 g/mol. The third-order valence-corrected chi connectivity index (χ3v) is 4.97. The van der Waals surface area contributed by atoms with Gasteiger partial charge >= 0.3 is 0 Å². The molecule has 1 aromatic carbocycles. The van der Waals surface area contributed by atoms with Crippen molar-refractivity contribution in [2.75, 3.05) is 13.1 Å². The number of aryl methyl sites for hydroxylation is 1. The lowest BCUT2D eigenvalue weighted by Gasteiger charge is -2.41. The summed E-state index contributed by atoms with van der Waals surface area (Å²) in [6.07, 6.45) is 2.50. The highest BCUT2D eigenvalue weighted by Crippen LogP contribution is 2.22. The van der Waals surface area contributed by atoms with Gasteiger partial charge in [0.1, 0.15) is 0 Å². The van der Waals surface area contributed by atoms with Crippen molar-refractivity contribution >= 4 is 15.9 Å². The number of hydrogen-bond acceptors (Lipinski definition) is 2. The van der Waals surface area contributed by atoms with E-state index in [1.807, 2.05) is 0 Å². The van der Waals surface area contributed by atoms with Gasteiger partial charge in [0, 0.05) is 35.7 Å². The summed E-state index contributed by atoms with van der Waals surface area (Å²) in [7, 11) is 0. The van der Waals surface area contributed by atoms with Crippen LogP contribution >= 0.6 is 15.9 Å². The number of rotatable bonds is 3. The minimum atomic E-state index is 0.310. The summed E-state index contributed by atoms with van der Waals surface area (Å²) >= 11 is 3.66. The van der Waals surface area contributed by atoms with E-state index in [0.29, 0.717) is 11.6 Å². The van der Waals surface area contributed by atoms with Crippen molar-refractivity contribution in [1.82, 2.24) is 10.2 Å². The first-order valence-corrected chi connectivity index (χ1v) is 8.39. The Kier molecular flexibility index (Phi) is 5.27. The van der Waals surface area contributed by atoms with E-state index < -0.39 is 0 Å². The molecule has 20 heavy (non-hydrogen) atoms. The van der Waals surface area contributed by atoms with E-state index in [1.54, 1.807) is 0 Å². The molecule has 0 atom stereocenters. The van der Waals surface area contributed by atoms with Crippen LogP contribution in [0.15, 0.2) is 22.7 Å². The Morgan fingerprint density at radius 2 is 1.90 bits per heavy atom. The van der Waals surface area contributed by atoms with Crippen LogP contribution in [0.25, 0.3) is 0 Å². The maximum Gasteiger partial charge on any atom is 0.0222 e. The zero-order valence-corrected chi connectivity index (χ0v) is 14.8. The average molecular weight is 339 g/mol. The minimum Gasteiger partial charge on any atom is -0.310 e. The van der Waals surface area contributed by atoms with Gasteiger partial charge in [0.2, 0.25) is 0 Å². The molecule has 0 bridgehead atoms. The SMILES string of the molecule is Cc1ccc(CNC2CCN(C(C)(C)C)CC2)c(Br)c1. The summed E-state index contributed by atoms with van der Waals surface area (Å²) < 4.78 is 1.22. The normalized spacial score (nSPS) is 18.4. The van der Waals surface area contributed by atoms with Gasteiger partial charge in [0.05, 0.1) is 0 Å². The largest absolute Gasteiger partial charge is 0.310 e. The lowest BCUT2D eigenvalue weighted by Crippen LogP contribution is -2.49. The third kappa shape index (κ3) is 4.31. The van der Waals surface area contributed by atoms with Gasteiger partial charge < -0.3 is 5.32 Å². The quantitative estimate of drug-likeness (QED) is 0.892. The van der Waals surface area contributed by atoms with Gasteiger partial charge in [-0.25, -0.2) is 0 Å². The summed E-state index contributed by atoms with van der Waals surface area (Å²) in [5, 5.41) is 3.71. The molecule has 0 aliphatic carbocycles. The van der Waals surface area contributed by atoms with E-state index in [9.17, 15) is 0 Å². The van der Waals surface area contributed by atoms with E-state index in [2.05, 4.69) is 72.0 Å². The Morgan fingerprint density at radius 1 is 1.25 bits per heavy atom. The molecule has 0 saturated carbocycles. The number of piperidine rings is 1. The number of benzene rings is 1. The summed E-state index contributed by atoms with van der Waals surface area (Å²) in [5.41, 5.74) is 2.97. The summed E-state index contributed by atoms with van der Waals surface area (Å²) in [6, 6.07) is 7.25. The molecule has 1 aliphatic heterocycles. The van der Waals surface area contributed by atoms with E-state index in [4.69, 9.17) is 0 Å². The highest BCUT2D eigenvalue weighted by molar-refractivity contribution is 9.10. The van der Waals surface area contributed by atoms with Gasteiger partial charge in [-0.15, -0.1) is 0 Å². The Morgan fingerprint density at radius 3 is 2.45 bits per heavy atom. The van der Waals surface area contributed by atoms with Crippen LogP contribution in [0.1, 0.15) is 44.7 Å². The first-order chi connectivity index (χ1) is 9.36. The van der Waals surface area contributed by atoms with Crippen LogP contribution in [0.5, 0.6) is 0 Å². The summed E-state index contributed by atoms with van der Waals surface area (Å²) in [4.78, 5) is 2.59. The van der Waals surface area contributed by atoms with Crippen LogP contribution in [0.3, 0.4) is 0 Å². The lowest BCUT2D eigenvalue weighted by molar-refractivity contribution is 0.0960. The smallest absolute Gasteiger partial charge is 0.0222 e. The first kappa shape index (κ1) is 16.0. The number of likely N-dealkylation sites (tertiary alicyclic amines) is 1.